The van der Waals surface area contributed by atoms with Crippen molar-refractivity contribution >= 4 is 11.7 Å². The van der Waals surface area contributed by atoms with Gasteiger partial charge in [-0.05, 0) is 68.7 Å². The van der Waals surface area contributed by atoms with Crippen molar-refractivity contribution in [2.24, 2.45) is 11.3 Å². The van der Waals surface area contributed by atoms with Crippen LogP contribution in [0.4, 0.5) is 13.2 Å². The Morgan fingerprint density at radius 3 is 2.47 bits per heavy atom. The van der Waals surface area contributed by atoms with Gasteiger partial charge < -0.3 is 14.5 Å². The lowest BCUT2D eigenvalue weighted by molar-refractivity contribution is -0.146. The first-order valence-corrected chi connectivity index (χ1v) is 12.4. The van der Waals surface area contributed by atoms with Crippen molar-refractivity contribution in [1.29, 1.82) is 0 Å². The van der Waals surface area contributed by atoms with Crippen LogP contribution in [-0.4, -0.2) is 66.6 Å². The Hall–Kier alpha value is -1.93. The second-order valence-corrected chi connectivity index (χ2v) is 10.5. The van der Waals surface area contributed by atoms with Crippen LogP contribution in [0.25, 0.3) is 0 Å². The average molecular weight is 481 g/mol. The van der Waals surface area contributed by atoms with Gasteiger partial charge in [-0.3, -0.25) is 9.59 Å². The molecule has 2 fully saturated rings. The molecule has 1 saturated carbocycles. The molecule has 34 heavy (non-hydrogen) atoms. The lowest BCUT2D eigenvalue weighted by Crippen LogP contribution is -2.49. The number of hydrogen-bond acceptors (Lipinski definition) is 4. The number of ketones is 1. The molecule has 0 bridgehead atoms. The number of fused-ring (bicyclic) bond motifs is 1. The lowest BCUT2D eigenvalue weighted by Gasteiger charge is -2.41. The molecular weight excluding hydrogens is 445 g/mol. The summed E-state index contributed by atoms with van der Waals surface area (Å²) in [7, 11) is 2.16. The van der Waals surface area contributed by atoms with E-state index in [1.165, 1.54) is 12.1 Å². The SMILES string of the molecule is CC(C)[C@]1(C(=O)N2CCc3ccc(C(=O)C(F)(F)F)cc3C2)CC[C@@H](N(C)C2CCOCC2)C1. The number of alkyl halides is 3. The first-order chi connectivity index (χ1) is 16.0. The fraction of sp³-hybridized carbons (Fsp3) is 0.692. The largest absolute Gasteiger partial charge is 0.454 e. The van der Waals surface area contributed by atoms with Crippen molar-refractivity contribution in [2.75, 3.05) is 26.8 Å². The molecular formula is C26H35F3N2O3. The van der Waals surface area contributed by atoms with E-state index in [-0.39, 0.29) is 23.9 Å². The zero-order valence-corrected chi connectivity index (χ0v) is 20.3. The standard InChI is InChI=1S/C26H35F3N2O3/c1-17(2)25(10-6-22(15-25)30(3)21-8-12-34-13-9-21)24(33)31-11-7-18-4-5-19(14-20(18)16-31)23(32)26(27,28)29/h4-5,14,17,21-22H,6-13,15-16H2,1-3H3/t22-,25+/m1/s1. The minimum absolute atomic E-state index is 0.101. The third-order valence-electron chi connectivity index (χ3n) is 8.42. The molecule has 0 spiro atoms. The Bertz CT molecular complexity index is 926. The van der Waals surface area contributed by atoms with Gasteiger partial charge in [0.15, 0.2) is 0 Å². The van der Waals surface area contributed by atoms with Crippen LogP contribution in [0.3, 0.4) is 0 Å². The van der Waals surface area contributed by atoms with Crippen LogP contribution in [0.2, 0.25) is 0 Å². The third kappa shape index (κ3) is 4.76. The molecule has 2 aliphatic heterocycles. The molecule has 1 aromatic rings. The number of carbonyl (C=O) groups excluding carboxylic acids is 2. The lowest BCUT2D eigenvalue weighted by atomic mass is 9.73. The number of benzene rings is 1. The molecule has 5 nitrogen and oxygen atoms in total. The summed E-state index contributed by atoms with van der Waals surface area (Å²) < 4.78 is 44.3. The van der Waals surface area contributed by atoms with Crippen LogP contribution in [-0.2, 0) is 22.5 Å². The van der Waals surface area contributed by atoms with E-state index in [9.17, 15) is 22.8 Å². The first kappa shape index (κ1) is 25.2. The Kier molecular flexibility index (Phi) is 7.11. The van der Waals surface area contributed by atoms with Gasteiger partial charge in [0.1, 0.15) is 0 Å². The van der Waals surface area contributed by atoms with Crippen molar-refractivity contribution in [2.45, 2.75) is 77.2 Å². The van der Waals surface area contributed by atoms with E-state index in [1.54, 1.807) is 11.0 Å². The van der Waals surface area contributed by atoms with Gasteiger partial charge in [-0.15, -0.1) is 0 Å². The molecule has 188 valence electrons. The molecule has 2 atom stereocenters. The van der Waals surface area contributed by atoms with E-state index in [0.717, 1.165) is 50.9 Å². The van der Waals surface area contributed by atoms with Crippen LogP contribution in [0.5, 0.6) is 0 Å². The number of halogens is 3. The summed E-state index contributed by atoms with van der Waals surface area (Å²) >= 11 is 0. The number of Topliss-reactive ketones (excluding diaryl/α,β-unsaturated/α-hetero) is 1. The van der Waals surface area contributed by atoms with Crippen molar-refractivity contribution in [3.8, 4) is 0 Å². The molecule has 0 N–H and O–H groups in total. The van der Waals surface area contributed by atoms with E-state index < -0.39 is 17.4 Å². The van der Waals surface area contributed by atoms with Gasteiger partial charge in [0.2, 0.25) is 5.91 Å². The van der Waals surface area contributed by atoms with Gasteiger partial charge in [-0.25, -0.2) is 0 Å². The molecule has 1 aromatic carbocycles. The molecule has 4 rings (SSSR count). The van der Waals surface area contributed by atoms with Crippen molar-refractivity contribution in [3.05, 3.63) is 34.9 Å². The molecule has 0 unspecified atom stereocenters. The molecule has 3 aliphatic rings. The van der Waals surface area contributed by atoms with Crippen LogP contribution >= 0.6 is 0 Å². The van der Waals surface area contributed by atoms with Gasteiger partial charge in [-0.2, -0.15) is 13.2 Å². The minimum Gasteiger partial charge on any atom is -0.381 e. The van der Waals surface area contributed by atoms with E-state index in [4.69, 9.17) is 4.74 Å². The number of carbonyl (C=O) groups is 2. The Balaban J connectivity index is 1.51. The quantitative estimate of drug-likeness (QED) is 0.577. The van der Waals surface area contributed by atoms with Crippen LogP contribution in [0.1, 0.15) is 67.4 Å². The van der Waals surface area contributed by atoms with Gasteiger partial charge >= 0.3 is 6.18 Å². The molecule has 1 amide bonds. The highest BCUT2D eigenvalue weighted by molar-refractivity contribution is 6.00. The van der Waals surface area contributed by atoms with E-state index in [2.05, 4.69) is 25.8 Å². The summed E-state index contributed by atoms with van der Waals surface area (Å²) in [4.78, 5) is 29.9. The summed E-state index contributed by atoms with van der Waals surface area (Å²) in [5.41, 5.74) is 0.714. The summed E-state index contributed by atoms with van der Waals surface area (Å²) in [6.07, 6.45) is 0.281. The van der Waals surface area contributed by atoms with E-state index in [0.29, 0.717) is 30.6 Å². The van der Waals surface area contributed by atoms with Crippen molar-refractivity contribution in [1.82, 2.24) is 9.80 Å². The van der Waals surface area contributed by atoms with Crippen LogP contribution < -0.4 is 0 Å². The third-order valence-corrected chi connectivity index (χ3v) is 8.42. The summed E-state index contributed by atoms with van der Waals surface area (Å²) in [5.74, 6) is -1.58. The topological polar surface area (TPSA) is 49.9 Å². The molecule has 8 heteroatoms. The van der Waals surface area contributed by atoms with E-state index >= 15 is 0 Å². The van der Waals surface area contributed by atoms with Gasteiger partial charge in [0, 0.05) is 44.0 Å². The fourth-order valence-electron chi connectivity index (χ4n) is 6.10. The second kappa shape index (κ2) is 9.61. The zero-order chi connectivity index (χ0) is 24.7. The minimum atomic E-state index is -4.91. The maximum atomic E-state index is 13.9. The zero-order valence-electron chi connectivity index (χ0n) is 20.3. The highest BCUT2D eigenvalue weighted by atomic mass is 19.4. The molecule has 1 saturated heterocycles. The maximum absolute atomic E-state index is 13.9. The summed E-state index contributed by atoms with van der Waals surface area (Å²) in [5, 5.41) is 0. The molecule has 1 aliphatic carbocycles. The normalized spacial score (nSPS) is 26.2. The molecule has 0 aromatic heterocycles. The first-order valence-electron chi connectivity index (χ1n) is 12.4. The Morgan fingerprint density at radius 2 is 1.82 bits per heavy atom. The Morgan fingerprint density at radius 1 is 1.12 bits per heavy atom. The van der Waals surface area contributed by atoms with Gasteiger partial charge in [-0.1, -0.05) is 26.0 Å². The van der Waals surface area contributed by atoms with Crippen LogP contribution in [0, 0.1) is 11.3 Å². The fourth-order valence-corrected chi connectivity index (χ4v) is 6.10. The maximum Gasteiger partial charge on any atom is 0.454 e. The smallest absolute Gasteiger partial charge is 0.381 e. The predicted molar refractivity (Wildman–Crippen MR) is 122 cm³/mol. The number of rotatable bonds is 5. The average Bonchev–Trinajstić information content (AvgIpc) is 3.29. The highest BCUT2D eigenvalue weighted by Crippen LogP contribution is 2.48. The summed E-state index contributed by atoms with van der Waals surface area (Å²) in [6, 6.07) is 4.98. The number of nitrogens with zero attached hydrogens (tertiary/aromatic N) is 2. The second-order valence-electron chi connectivity index (χ2n) is 10.5. The van der Waals surface area contributed by atoms with Gasteiger partial charge in [0.05, 0.1) is 5.41 Å². The van der Waals surface area contributed by atoms with Gasteiger partial charge in [0.25, 0.3) is 5.78 Å². The summed E-state index contributed by atoms with van der Waals surface area (Å²) in [6.45, 7) is 6.57. The van der Waals surface area contributed by atoms with Crippen molar-refractivity contribution < 1.29 is 27.5 Å². The number of amides is 1. The van der Waals surface area contributed by atoms with E-state index in [1.807, 2.05) is 0 Å². The predicted octanol–water partition coefficient (Wildman–Crippen LogP) is 4.62. The monoisotopic (exact) mass is 480 g/mol. The van der Waals surface area contributed by atoms with Crippen molar-refractivity contribution in [3.63, 3.8) is 0 Å². The molecule has 0 radical (unpaired) electrons. The Labute approximate surface area is 199 Å². The molecule has 2 heterocycles. The number of ether oxygens (including phenoxy) is 1. The number of hydrogen-bond donors (Lipinski definition) is 0. The highest BCUT2D eigenvalue weighted by Gasteiger charge is 2.51. The van der Waals surface area contributed by atoms with Crippen LogP contribution in [0.15, 0.2) is 18.2 Å².